The summed E-state index contributed by atoms with van der Waals surface area (Å²) in [4.78, 5) is 0. The Bertz CT molecular complexity index is 588. The molecule has 0 aromatic heterocycles. The van der Waals surface area contributed by atoms with Crippen LogP contribution in [0.15, 0.2) is 36.4 Å². The number of halogens is 2. The van der Waals surface area contributed by atoms with E-state index in [1.54, 1.807) is 0 Å². The number of hydrogen-bond donors (Lipinski definition) is 2. The van der Waals surface area contributed by atoms with Crippen LogP contribution in [0.1, 0.15) is 25.0 Å². The van der Waals surface area contributed by atoms with E-state index in [0.29, 0.717) is 11.4 Å². The van der Waals surface area contributed by atoms with Crippen LogP contribution >= 0.6 is 24.8 Å². The molecule has 4 N–H and O–H groups in total. The van der Waals surface area contributed by atoms with Gasteiger partial charge in [0.1, 0.15) is 0 Å². The van der Waals surface area contributed by atoms with Crippen molar-refractivity contribution in [3.63, 3.8) is 0 Å². The predicted octanol–water partition coefficient (Wildman–Crippen LogP) is 4.13. The van der Waals surface area contributed by atoms with E-state index in [1.165, 1.54) is 0 Å². The molecule has 108 valence electrons. The topological polar surface area (TPSA) is 61.3 Å². The number of para-hydroxylation sites is 2. The minimum Gasteiger partial charge on any atom is -0.452 e. The normalized spacial score (nSPS) is 13.9. The van der Waals surface area contributed by atoms with Gasteiger partial charge in [-0.05, 0) is 12.1 Å². The first-order chi connectivity index (χ1) is 8.51. The summed E-state index contributed by atoms with van der Waals surface area (Å²) in [5.74, 6) is 1.46. The summed E-state index contributed by atoms with van der Waals surface area (Å²) in [5, 5.41) is 0. The largest absolute Gasteiger partial charge is 0.452 e. The van der Waals surface area contributed by atoms with E-state index in [-0.39, 0.29) is 30.2 Å². The molecule has 1 heterocycles. The molecule has 0 aliphatic carbocycles. The Balaban J connectivity index is 0.000001000. The number of ether oxygens (including phenoxy) is 1. The van der Waals surface area contributed by atoms with Gasteiger partial charge in [0.05, 0.1) is 11.4 Å². The maximum absolute atomic E-state index is 6.00. The van der Waals surface area contributed by atoms with E-state index in [2.05, 4.69) is 26.0 Å². The minimum absolute atomic E-state index is 0. The van der Waals surface area contributed by atoms with Crippen molar-refractivity contribution in [2.45, 2.75) is 19.3 Å². The highest BCUT2D eigenvalue weighted by Crippen LogP contribution is 2.51. The molecule has 0 bridgehead atoms. The van der Waals surface area contributed by atoms with Crippen molar-refractivity contribution in [3.8, 4) is 11.5 Å². The van der Waals surface area contributed by atoms with E-state index in [1.807, 2.05) is 24.3 Å². The van der Waals surface area contributed by atoms with Crippen LogP contribution in [0.25, 0.3) is 0 Å². The summed E-state index contributed by atoms with van der Waals surface area (Å²) >= 11 is 0. The maximum atomic E-state index is 6.00. The van der Waals surface area contributed by atoms with Gasteiger partial charge in [-0.3, -0.25) is 0 Å². The molecule has 0 amide bonds. The molecule has 20 heavy (non-hydrogen) atoms. The van der Waals surface area contributed by atoms with Crippen LogP contribution in [0.5, 0.6) is 11.5 Å². The molecule has 0 saturated heterocycles. The van der Waals surface area contributed by atoms with Crippen molar-refractivity contribution in [1.82, 2.24) is 0 Å². The van der Waals surface area contributed by atoms with E-state index in [9.17, 15) is 0 Å². The first kappa shape index (κ1) is 16.5. The number of nitrogen functional groups attached to an aromatic ring is 2. The van der Waals surface area contributed by atoms with Crippen LogP contribution in [0.4, 0.5) is 11.4 Å². The fourth-order valence-electron chi connectivity index (χ4n) is 2.57. The number of rotatable bonds is 0. The molecule has 2 aromatic rings. The molecule has 1 aliphatic rings. The Hall–Kier alpha value is -1.58. The lowest BCUT2D eigenvalue weighted by atomic mass is 9.75. The van der Waals surface area contributed by atoms with Crippen LogP contribution < -0.4 is 16.2 Å². The zero-order valence-corrected chi connectivity index (χ0v) is 13.0. The SMILES string of the molecule is CC1(C)c2cccc(N)c2Oc2c(N)cccc21.Cl.Cl. The first-order valence-corrected chi connectivity index (χ1v) is 5.97. The van der Waals surface area contributed by atoms with Gasteiger partial charge in [0.25, 0.3) is 0 Å². The molecule has 1 aliphatic heterocycles. The van der Waals surface area contributed by atoms with Gasteiger partial charge < -0.3 is 16.2 Å². The van der Waals surface area contributed by atoms with E-state index in [4.69, 9.17) is 16.2 Å². The summed E-state index contributed by atoms with van der Waals surface area (Å²) in [6.45, 7) is 4.32. The van der Waals surface area contributed by atoms with Crippen molar-refractivity contribution in [1.29, 1.82) is 0 Å². The highest BCUT2D eigenvalue weighted by molar-refractivity contribution is 5.85. The molecule has 3 rings (SSSR count). The van der Waals surface area contributed by atoms with Gasteiger partial charge in [0.15, 0.2) is 11.5 Å². The summed E-state index contributed by atoms with van der Waals surface area (Å²) in [6, 6.07) is 11.7. The molecule has 0 unspecified atom stereocenters. The van der Waals surface area contributed by atoms with Crippen LogP contribution in [-0.4, -0.2) is 0 Å². The van der Waals surface area contributed by atoms with Gasteiger partial charge in [0.2, 0.25) is 0 Å². The van der Waals surface area contributed by atoms with Gasteiger partial charge in [-0.15, -0.1) is 24.8 Å². The lowest BCUT2D eigenvalue weighted by Gasteiger charge is -2.35. The van der Waals surface area contributed by atoms with E-state index in [0.717, 1.165) is 22.6 Å². The van der Waals surface area contributed by atoms with Gasteiger partial charge in [0, 0.05) is 16.5 Å². The fourth-order valence-corrected chi connectivity index (χ4v) is 2.57. The van der Waals surface area contributed by atoms with Crippen LogP contribution in [-0.2, 0) is 5.41 Å². The molecule has 0 fully saturated rings. The molecule has 3 nitrogen and oxygen atoms in total. The van der Waals surface area contributed by atoms with Crippen molar-refractivity contribution >= 4 is 36.2 Å². The molecular weight excluding hydrogens is 295 g/mol. The number of benzene rings is 2. The number of nitrogens with two attached hydrogens (primary N) is 2. The number of hydrogen-bond acceptors (Lipinski definition) is 3. The Morgan fingerprint density at radius 2 is 1.20 bits per heavy atom. The quantitative estimate of drug-likeness (QED) is 0.719. The Labute approximate surface area is 131 Å². The monoisotopic (exact) mass is 312 g/mol. The van der Waals surface area contributed by atoms with Gasteiger partial charge in [-0.1, -0.05) is 38.1 Å². The second kappa shape index (κ2) is 5.43. The molecular formula is C15H18Cl2N2O. The molecule has 0 atom stereocenters. The van der Waals surface area contributed by atoms with Gasteiger partial charge in [-0.2, -0.15) is 0 Å². The van der Waals surface area contributed by atoms with Crippen molar-refractivity contribution < 1.29 is 4.74 Å². The van der Waals surface area contributed by atoms with Crippen LogP contribution in [0.2, 0.25) is 0 Å². The van der Waals surface area contributed by atoms with Gasteiger partial charge in [-0.25, -0.2) is 0 Å². The lowest BCUT2D eigenvalue weighted by molar-refractivity contribution is 0.422. The smallest absolute Gasteiger partial charge is 0.154 e. The molecule has 0 radical (unpaired) electrons. The first-order valence-electron chi connectivity index (χ1n) is 5.97. The molecule has 5 heteroatoms. The minimum atomic E-state index is -0.159. The third-order valence-corrected chi connectivity index (χ3v) is 3.64. The van der Waals surface area contributed by atoms with Crippen LogP contribution in [0.3, 0.4) is 0 Å². The van der Waals surface area contributed by atoms with Crippen molar-refractivity contribution in [3.05, 3.63) is 47.5 Å². The molecule has 0 saturated carbocycles. The van der Waals surface area contributed by atoms with Crippen LogP contribution in [0, 0.1) is 0 Å². The Morgan fingerprint density at radius 1 is 0.800 bits per heavy atom. The summed E-state index contributed by atoms with van der Waals surface area (Å²) in [7, 11) is 0. The van der Waals surface area contributed by atoms with Gasteiger partial charge >= 0.3 is 0 Å². The summed E-state index contributed by atoms with van der Waals surface area (Å²) in [6.07, 6.45) is 0. The van der Waals surface area contributed by atoms with E-state index < -0.39 is 0 Å². The number of fused-ring (bicyclic) bond motifs is 2. The third-order valence-electron chi connectivity index (χ3n) is 3.64. The second-order valence-corrected chi connectivity index (χ2v) is 5.17. The second-order valence-electron chi connectivity index (χ2n) is 5.17. The standard InChI is InChI=1S/C15H16N2O.2ClH/c1-15(2)9-5-3-7-11(16)13(9)18-14-10(15)6-4-8-12(14)17;;/h3-8H,16-17H2,1-2H3;2*1H. The predicted molar refractivity (Wildman–Crippen MR) is 88.4 cm³/mol. The number of anilines is 2. The molecule has 0 spiro atoms. The average Bonchev–Trinajstić information content (AvgIpc) is 2.32. The zero-order chi connectivity index (χ0) is 12.9. The lowest BCUT2D eigenvalue weighted by Crippen LogP contribution is -2.25. The molecule has 2 aromatic carbocycles. The maximum Gasteiger partial charge on any atom is 0.154 e. The van der Waals surface area contributed by atoms with Crippen molar-refractivity contribution in [2.75, 3.05) is 11.5 Å². The highest BCUT2D eigenvalue weighted by Gasteiger charge is 2.35. The third kappa shape index (κ3) is 2.17. The summed E-state index contributed by atoms with van der Waals surface area (Å²) in [5.41, 5.74) is 15.3. The zero-order valence-electron chi connectivity index (χ0n) is 11.3. The summed E-state index contributed by atoms with van der Waals surface area (Å²) < 4.78 is 5.92. The average molecular weight is 313 g/mol. The Morgan fingerprint density at radius 3 is 1.60 bits per heavy atom. The van der Waals surface area contributed by atoms with Crippen molar-refractivity contribution in [2.24, 2.45) is 0 Å². The highest BCUT2D eigenvalue weighted by atomic mass is 35.5. The Kier molecular flexibility index (Phi) is 4.47. The fraction of sp³-hybridized carbons (Fsp3) is 0.200. The van der Waals surface area contributed by atoms with E-state index >= 15 is 0 Å².